The molecule has 0 atom stereocenters. The highest BCUT2D eigenvalue weighted by Crippen LogP contribution is 2.26. The molecule has 15 heavy (non-hydrogen) atoms. The van der Waals surface area contributed by atoms with Crippen LogP contribution in [0.1, 0.15) is 5.82 Å². The molecule has 2 heterocycles. The van der Waals surface area contributed by atoms with Gasteiger partial charge in [0.2, 0.25) is 5.13 Å². The fourth-order valence-corrected chi connectivity index (χ4v) is 2.21. The van der Waals surface area contributed by atoms with Gasteiger partial charge >= 0.3 is 0 Å². The van der Waals surface area contributed by atoms with Crippen LogP contribution in [0.4, 0.5) is 10.9 Å². The summed E-state index contributed by atoms with van der Waals surface area (Å²) in [5, 5.41) is 4.22. The summed E-state index contributed by atoms with van der Waals surface area (Å²) in [5.41, 5.74) is 0. The Bertz CT molecular complexity index is 487. The van der Waals surface area contributed by atoms with Gasteiger partial charge in [0, 0.05) is 22.2 Å². The SMILES string of the molecule is Cc1nsc(Nc2ncc(Br)cc2Cl)n1. The van der Waals surface area contributed by atoms with Gasteiger partial charge in [-0.3, -0.25) is 0 Å². The number of rotatable bonds is 2. The molecule has 0 saturated heterocycles. The minimum Gasteiger partial charge on any atom is -0.314 e. The lowest BCUT2D eigenvalue weighted by Crippen LogP contribution is -1.93. The Hall–Kier alpha value is -0.720. The summed E-state index contributed by atoms with van der Waals surface area (Å²) in [6, 6.07) is 1.77. The third-order valence-corrected chi connectivity index (χ3v) is 3.00. The summed E-state index contributed by atoms with van der Waals surface area (Å²) in [5.74, 6) is 1.31. The standard InChI is InChI=1S/C8H6BrClN4S/c1-4-12-8(15-14-4)13-7-6(10)2-5(9)3-11-7/h2-3H,1H3,(H,11,12,13,14). The first-order valence-electron chi connectivity index (χ1n) is 4.03. The molecule has 2 aromatic rings. The van der Waals surface area contributed by atoms with Gasteiger partial charge in [-0.25, -0.2) is 9.97 Å². The molecule has 1 N–H and O–H groups in total. The Morgan fingerprint density at radius 2 is 2.33 bits per heavy atom. The normalized spacial score (nSPS) is 10.3. The summed E-state index contributed by atoms with van der Waals surface area (Å²) in [6.45, 7) is 1.83. The Kier molecular flexibility index (Phi) is 3.18. The third kappa shape index (κ3) is 2.64. The van der Waals surface area contributed by atoms with E-state index in [1.165, 1.54) is 11.5 Å². The average Bonchev–Trinajstić information content (AvgIpc) is 2.56. The molecule has 2 aromatic heterocycles. The van der Waals surface area contributed by atoms with Crippen molar-refractivity contribution in [3.8, 4) is 0 Å². The highest BCUT2D eigenvalue weighted by molar-refractivity contribution is 9.10. The molecule has 4 nitrogen and oxygen atoms in total. The van der Waals surface area contributed by atoms with Crippen LogP contribution in [0.25, 0.3) is 0 Å². The van der Waals surface area contributed by atoms with Crippen molar-refractivity contribution in [2.75, 3.05) is 5.32 Å². The fourth-order valence-electron chi connectivity index (χ4n) is 0.956. The number of hydrogen-bond acceptors (Lipinski definition) is 5. The number of anilines is 2. The van der Waals surface area contributed by atoms with Crippen LogP contribution in [0.3, 0.4) is 0 Å². The van der Waals surface area contributed by atoms with E-state index >= 15 is 0 Å². The molecule has 0 aliphatic rings. The number of hydrogen-bond donors (Lipinski definition) is 1. The molecule has 0 spiro atoms. The van der Waals surface area contributed by atoms with E-state index in [-0.39, 0.29) is 0 Å². The number of aromatic nitrogens is 3. The lowest BCUT2D eigenvalue weighted by Gasteiger charge is -2.03. The number of halogens is 2. The van der Waals surface area contributed by atoms with Gasteiger partial charge in [0.05, 0.1) is 5.02 Å². The number of nitrogens with zero attached hydrogens (tertiary/aromatic N) is 3. The average molecular weight is 306 g/mol. The zero-order chi connectivity index (χ0) is 10.8. The number of aryl methyl sites for hydroxylation is 1. The number of nitrogens with one attached hydrogen (secondary N) is 1. The van der Waals surface area contributed by atoms with Gasteiger partial charge in [0.1, 0.15) is 5.82 Å². The summed E-state index contributed by atoms with van der Waals surface area (Å²) < 4.78 is 4.89. The topological polar surface area (TPSA) is 50.7 Å². The lowest BCUT2D eigenvalue weighted by atomic mass is 10.4. The summed E-state index contributed by atoms with van der Waals surface area (Å²) in [4.78, 5) is 8.29. The summed E-state index contributed by atoms with van der Waals surface area (Å²) in [6.07, 6.45) is 1.67. The van der Waals surface area contributed by atoms with Crippen LogP contribution in [-0.2, 0) is 0 Å². The molecule has 0 aromatic carbocycles. The molecule has 0 amide bonds. The Morgan fingerprint density at radius 1 is 1.53 bits per heavy atom. The molecule has 0 radical (unpaired) electrons. The lowest BCUT2D eigenvalue weighted by molar-refractivity contribution is 1.16. The largest absolute Gasteiger partial charge is 0.314 e. The minimum atomic E-state index is 0.539. The molecule has 0 bridgehead atoms. The fraction of sp³-hybridized carbons (Fsp3) is 0.125. The van der Waals surface area contributed by atoms with E-state index in [4.69, 9.17) is 11.6 Å². The molecule has 0 unspecified atom stereocenters. The molecular formula is C8H6BrClN4S. The smallest absolute Gasteiger partial charge is 0.208 e. The van der Waals surface area contributed by atoms with E-state index in [1.807, 2.05) is 6.92 Å². The first-order valence-corrected chi connectivity index (χ1v) is 5.98. The van der Waals surface area contributed by atoms with Crippen LogP contribution >= 0.6 is 39.1 Å². The van der Waals surface area contributed by atoms with Gasteiger partial charge in [-0.05, 0) is 28.9 Å². The maximum absolute atomic E-state index is 5.99. The van der Waals surface area contributed by atoms with Gasteiger partial charge in [0.15, 0.2) is 5.82 Å². The van der Waals surface area contributed by atoms with E-state index in [1.54, 1.807) is 12.3 Å². The third-order valence-electron chi connectivity index (χ3n) is 1.56. The highest BCUT2D eigenvalue weighted by atomic mass is 79.9. The second-order valence-corrected chi connectivity index (χ2v) is 4.83. The van der Waals surface area contributed by atoms with Gasteiger partial charge in [-0.2, -0.15) is 4.37 Å². The summed E-state index contributed by atoms with van der Waals surface area (Å²) >= 11 is 10.5. The van der Waals surface area contributed by atoms with Crippen LogP contribution in [0.15, 0.2) is 16.7 Å². The van der Waals surface area contributed by atoms with Crippen LogP contribution in [-0.4, -0.2) is 14.3 Å². The highest BCUT2D eigenvalue weighted by Gasteiger charge is 2.05. The van der Waals surface area contributed by atoms with Crippen molar-refractivity contribution in [3.05, 3.63) is 27.6 Å². The van der Waals surface area contributed by atoms with Crippen molar-refractivity contribution >= 4 is 50.0 Å². The molecule has 78 valence electrons. The molecule has 0 aliphatic heterocycles. The zero-order valence-electron chi connectivity index (χ0n) is 7.66. The molecular weight excluding hydrogens is 300 g/mol. The van der Waals surface area contributed by atoms with E-state index in [9.17, 15) is 0 Å². The minimum absolute atomic E-state index is 0.539. The van der Waals surface area contributed by atoms with Crippen LogP contribution in [0.2, 0.25) is 5.02 Å². The monoisotopic (exact) mass is 304 g/mol. The molecule has 7 heteroatoms. The number of pyridine rings is 1. The Labute approximate surface area is 104 Å². The van der Waals surface area contributed by atoms with Crippen molar-refractivity contribution in [3.63, 3.8) is 0 Å². The van der Waals surface area contributed by atoms with Crippen LogP contribution < -0.4 is 5.32 Å². The van der Waals surface area contributed by atoms with Crippen molar-refractivity contribution in [1.82, 2.24) is 14.3 Å². The van der Waals surface area contributed by atoms with E-state index in [2.05, 4.69) is 35.6 Å². The van der Waals surface area contributed by atoms with Crippen LogP contribution in [0, 0.1) is 6.92 Å². The van der Waals surface area contributed by atoms with Gasteiger partial charge in [-0.15, -0.1) is 0 Å². The maximum Gasteiger partial charge on any atom is 0.208 e. The van der Waals surface area contributed by atoms with E-state index in [0.717, 1.165) is 10.3 Å². The van der Waals surface area contributed by atoms with Crippen molar-refractivity contribution in [1.29, 1.82) is 0 Å². The van der Waals surface area contributed by atoms with Crippen molar-refractivity contribution < 1.29 is 0 Å². The van der Waals surface area contributed by atoms with E-state index in [0.29, 0.717) is 16.0 Å². The van der Waals surface area contributed by atoms with Crippen LogP contribution in [0.5, 0.6) is 0 Å². The van der Waals surface area contributed by atoms with Gasteiger partial charge in [0.25, 0.3) is 0 Å². The predicted molar refractivity (Wildman–Crippen MR) is 64.9 cm³/mol. The van der Waals surface area contributed by atoms with E-state index < -0.39 is 0 Å². The Balaban J connectivity index is 2.24. The summed E-state index contributed by atoms with van der Waals surface area (Å²) in [7, 11) is 0. The Morgan fingerprint density at radius 3 is 2.93 bits per heavy atom. The molecule has 2 rings (SSSR count). The van der Waals surface area contributed by atoms with Crippen molar-refractivity contribution in [2.24, 2.45) is 0 Å². The van der Waals surface area contributed by atoms with Crippen molar-refractivity contribution in [2.45, 2.75) is 6.92 Å². The second kappa shape index (κ2) is 4.42. The molecule has 0 fully saturated rings. The zero-order valence-corrected chi connectivity index (χ0v) is 10.8. The molecule has 0 aliphatic carbocycles. The first-order chi connectivity index (χ1) is 7.15. The van der Waals surface area contributed by atoms with Gasteiger partial charge < -0.3 is 5.32 Å². The van der Waals surface area contributed by atoms with Gasteiger partial charge in [-0.1, -0.05) is 11.6 Å². The predicted octanol–water partition coefficient (Wildman–Crippen LogP) is 3.40. The molecule has 0 saturated carbocycles. The first kappa shape index (κ1) is 10.8. The quantitative estimate of drug-likeness (QED) is 0.924. The maximum atomic E-state index is 5.99. The second-order valence-electron chi connectivity index (χ2n) is 2.76.